The molecule has 1 aliphatic carbocycles. The maximum absolute atomic E-state index is 13.8. The van der Waals surface area contributed by atoms with Crippen LogP contribution in [0.15, 0.2) is 54.7 Å². The molecule has 2 atom stereocenters. The number of rotatable bonds is 2. The lowest BCUT2D eigenvalue weighted by Crippen LogP contribution is -2.33. The van der Waals surface area contributed by atoms with Gasteiger partial charge in [-0.15, -0.1) is 0 Å². The Kier molecular flexibility index (Phi) is 4.63. The van der Waals surface area contributed by atoms with Crippen molar-refractivity contribution < 1.29 is 9.18 Å². The molecule has 1 saturated heterocycles. The van der Waals surface area contributed by atoms with Gasteiger partial charge < -0.3 is 10.2 Å². The van der Waals surface area contributed by atoms with Gasteiger partial charge in [-0.2, -0.15) is 0 Å². The third-order valence-electron chi connectivity index (χ3n) is 6.31. The Morgan fingerprint density at radius 2 is 1.79 bits per heavy atom. The number of urea groups is 1. The van der Waals surface area contributed by atoms with Gasteiger partial charge in [-0.25, -0.2) is 9.18 Å². The van der Waals surface area contributed by atoms with Crippen molar-refractivity contribution in [2.75, 3.05) is 18.4 Å². The van der Waals surface area contributed by atoms with E-state index in [2.05, 4.69) is 10.3 Å². The fourth-order valence-corrected chi connectivity index (χ4v) is 5.08. The normalized spacial score (nSPS) is 23.4. The quantitative estimate of drug-likeness (QED) is 0.591. The minimum atomic E-state index is -0.227. The smallest absolute Gasteiger partial charge is 0.321 e. The van der Waals surface area contributed by atoms with Gasteiger partial charge in [0.25, 0.3) is 0 Å². The number of halogens is 2. The van der Waals surface area contributed by atoms with Crippen molar-refractivity contribution in [3.05, 3.63) is 71.1 Å². The van der Waals surface area contributed by atoms with Crippen LogP contribution >= 0.6 is 11.6 Å². The summed E-state index contributed by atoms with van der Waals surface area (Å²) in [6.45, 7) is 1.52. The standard InChI is InChI=1S/C23H21ClFN3O/c24-17-1-4-19(5-2-17)27-23(29)28-12-15-9-14(10-16(15)13-28)20-7-8-26-22-6-3-18(25)11-21(20)22/h1-8,11,14-16H,9-10,12-13H2,(H,27,29). The molecule has 1 saturated carbocycles. The first-order chi connectivity index (χ1) is 14.1. The van der Waals surface area contributed by atoms with Gasteiger partial charge in [-0.3, -0.25) is 4.98 Å². The molecule has 5 rings (SSSR count). The average Bonchev–Trinajstić information content (AvgIpc) is 3.28. The molecule has 0 radical (unpaired) electrons. The molecule has 2 amide bonds. The number of likely N-dealkylation sites (tertiary alicyclic amines) is 1. The zero-order chi connectivity index (χ0) is 20.0. The predicted octanol–water partition coefficient (Wildman–Crippen LogP) is 5.68. The number of amides is 2. The number of carbonyl (C=O) groups excluding carboxylic acids is 1. The molecule has 3 aromatic rings. The first-order valence-corrected chi connectivity index (χ1v) is 10.3. The number of anilines is 1. The Balaban J connectivity index is 1.27. The topological polar surface area (TPSA) is 45.2 Å². The van der Waals surface area contributed by atoms with Crippen molar-refractivity contribution in [1.82, 2.24) is 9.88 Å². The predicted molar refractivity (Wildman–Crippen MR) is 113 cm³/mol. The molecule has 4 nitrogen and oxygen atoms in total. The molecule has 2 aliphatic rings. The van der Waals surface area contributed by atoms with Crippen LogP contribution in [-0.4, -0.2) is 29.0 Å². The van der Waals surface area contributed by atoms with Gasteiger partial charge in [0.1, 0.15) is 5.82 Å². The van der Waals surface area contributed by atoms with Crippen LogP contribution in [0.5, 0.6) is 0 Å². The average molecular weight is 410 g/mol. The Hall–Kier alpha value is -2.66. The van der Waals surface area contributed by atoms with Crippen LogP contribution < -0.4 is 5.32 Å². The second-order valence-corrected chi connectivity index (χ2v) is 8.53. The number of aromatic nitrogens is 1. The third kappa shape index (κ3) is 3.55. The number of benzene rings is 2. The molecular weight excluding hydrogens is 389 g/mol. The van der Waals surface area contributed by atoms with Gasteiger partial charge in [0.2, 0.25) is 0 Å². The van der Waals surface area contributed by atoms with E-state index >= 15 is 0 Å². The fraction of sp³-hybridized carbons (Fsp3) is 0.304. The highest BCUT2D eigenvalue weighted by molar-refractivity contribution is 6.30. The molecule has 2 unspecified atom stereocenters. The third-order valence-corrected chi connectivity index (χ3v) is 6.56. The minimum Gasteiger partial charge on any atom is -0.324 e. The van der Waals surface area contributed by atoms with E-state index in [0.29, 0.717) is 22.8 Å². The lowest BCUT2D eigenvalue weighted by atomic mass is 9.93. The van der Waals surface area contributed by atoms with Crippen molar-refractivity contribution in [2.45, 2.75) is 18.8 Å². The van der Waals surface area contributed by atoms with E-state index in [-0.39, 0.29) is 11.8 Å². The van der Waals surface area contributed by atoms with Gasteiger partial charge >= 0.3 is 6.03 Å². The number of nitrogens with zero attached hydrogens (tertiary/aromatic N) is 2. The summed E-state index contributed by atoms with van der Waals surface area (Å²) in [6, 6.07) is 13.9. The summed E-state index contributed by atoms with van der Waals surface area (Å²) < 4.78 is 13.8. The van der Waals surface area contributed by atoms with Crippen molar-refractivity contribution >= 4 is 34.2 Å². The first-order valence-electron chi connectivity index (χ1n) is 9.92. The van der Waals surface area contributed by atoms with Crippen LogP contribution in [0.1, 0.15) is 24.3 Å². The van der Waals surface area contributed by atoms with Gasteiger partial charge in [0, 0.05) is 35.4 Å². The van der Waals surface area contributed by atoms with E-state index in [1.165, 1.54) is 11.6 Å². The summed E-state index contributed by atoms with van der Waals surface area (Å²) in [4.78, 5) is 18.9. The van der Waals surface area contributed by atoms with E-state index in [9.17, 15) is 9.18 Å². The molecule has 6 heteroatoms. The van der Waals surface area contributed by atoms with Crippen molar-refractivity contribution in [2.24, 2.45) is 11.8 Å². The highest BCUT2D eigenvalue weighted by Crippen LogP contribution is 2.47. The molecule has 1 N–H and O–H groups in total. The summed E-state index contributed by atoms with van der Waals surface area (Å²) in [5.41, 5.74) is 2.77. The summed E-state index contributed by atoms with van der Waals surface area (Å²) >= 11 is 5.90. The molecule has 2 aromatic carbocycles. The molecule has 1 aliphatic heterocycles. The van der Waals surface area contributed by atoms with E-state index < -0.39 is 0 Å². The van der Waals surface area contributed by atoms with Crippen molar-refractivity contribution in [3.8, 4) is 0 Å². The van der Waals surface area contributed by atoms with Gasteiger partial charge in [-0.1, -0.05) is 11.6 Å². The van der Waals surface area contributed by atoms with Crippen LogP contribution in [0.25, 0.3) is 10.9 Å². The Bertz CT molecular complexity index is 1060. The summed E-state index contributed by atoms with van der Waals surface area (Å²) in [7, 11) is 0. The van der Waals surface area contributed by atoms with Crippen LogP contribution in [0, 0.1) is 17.7 Å². The van der Waals surface area contributed by atoms with Gasteiger partial charge in [0.05, 0.1) is 5.52 Å². The molecule has 2 heterocycles. The van der Waals surface area contributed by atoms with E-state index in [1.807, 2.05) is 17.2 Å². The molecule has 1 aromatic heterocycles. The number of hydrogen-bond donors (Lipinski definition) is 1. The molecular formula is C23H21ClFN3O. The highest BCUT2D eigenvalue weighted by Gasteiger charge is 2.43. The second kappa shape index (κ2) is 7.30. The molecule has 29 heavy (non-hydrogen) atoms. The Labute approximate surface area is 173 Å². The monoisotopic (exact) mass is 409 g/mol. The van der Waals surface area contributed by atoms with Crippen LogP contribution in [-0.2, 0) is 0 Å². The summed E-state index contributed by atoms with van der Waals surface area (Å²) in [5, 5.41) is 4.51. The second-order valence-electron chi connectivity index (χ2n) is 8.09. The molecule has 0 bridgehead atoms. The largest absolute Gasteiger partial charge is 0.324 e. The van der Waals surface area contributed by atoms with Crippen LogP contribution in [0.2, 0.25) is 5.02 Å². The Morgan fingerprint density at radius 1 is 1.07 bits per heavy atom. The Morgan fingerprint density at radius 3 is 2.52 bits per heavy atom. The van der Waals surface area contributed by atoms with E-state index in [1.54, 1.807) is 36.4 Å². The number of nitrogens with one attached hydrogen (secondary N) is 1. The highest BCUT2D eigenvalue weighted by atomic mass is 35.5. The van der Waals surface area contributed by atoms with Gasteiger partial charge in [0.15, 0.2) is 0 Å². The number of hydrogen-bond acceptors (Lipinski definition) is 2. The van der Waals surface area contributed by atoms with Crippen LogP contribution in [0.4, 0.5) is 14.9 Å². The van der Waals surface area contributed by atoms with E-state index in [4.69, 9.17) is 11.6 Å². The maximum atomic E-state index is 13.8. The van der Waals surface area contributed by atoms with Crippen molar-refractivity contribution in [3.63, 3.8) is 0 Å². The lowest BCUT2D eigenvalue weighted by Gasteiger charge is -2.20. The molecule has 148 valence electrons. The van der Waals surface area contributed by atoms with E-state index in [0.717, 1.165) is 42.5 Å². The zero-order valence-corrected chi connectivity index (χ0v) is 16.6. The minimum absolute atomic E-state index is 0.0605. The molecule has 2 fully saturated rings. The zero-order valence-electron chi connectivity index (χ0n) is 15.8. The fourth-order valence-electron chi connectivity index (χ4n) is 4.95. The molecule has 0 spiro atoms. The first kappa shape index (κ1) is 18.4. The van der Waals surface area contributed by atoms with Crippen LogP contribution in [0.3, 0.4) is 0 Å². The SMILES string of the molecule is O=C(Nc1ccc(Cl)cc1)N1CC2CC(c3ccnc4ccc(F)cc34)CC2C1. The van der Waals surface area contributed by atoms with Crippen molar-refractivity contribution in [1.29, 1.82) is 0 Å². The number of fused-ring (bicyclic) bond motifs is 2. The number of pyridine rings is 1. The maximum Gasteiger partial charge on any atom is 0.321 e. The summed E-state index contributed by atoms with van der Waals surface area (Å²) in [6.07, 6.45) is 3.85. The lowest BCUT2D eigenvalue weighted by molar-refractivity contribution is 0.218. The van der Waals surface area contributed by atoms with Gasteiger partial charge in [-0.05, 0) is 84.7 Å². The number of carbonyl (C=O) groups is 1. The summed E-state index contributed by atoms with van der Waals surface area (Å²) in [5.74, 6) is 1.12.